The topological polar surface area (TPSA) is 114 Å². The summed E-state index contributed by atoms with van der Waals surface area (Å²) in [6, 6.07) is 13.8. The summed E-state index contributed by atoms with van der Waals surface area (Å²) in [4.78, 5) is 56.3. The van der Waals surface area contributed by atoms with E-state index < -0.39 is 53.2 Å². The molecule has 0 heterocycles. The Morgan fingerprint density at radius 1 is 0.787 bits per heavy atom. The molecule has 0 aliphatic carbocycles. The summed E-state index contributed by atoms with van der Waals surface area (Å²) in [5, 5.41) is 5.60. The number of benzene rings is 2. The minimum Gasteiger partial charge on any atom is -0.458 e. The highest BCUT2D eigenvalue weighted by molar-refractivity contribution is 5.93. The number of esters is 1. The first-order valence-electron chi connectivity index (χ1n) is 16.9. The first-order valence-corrected chi connectivity index (χ1v) is 16.9. The van der Waals surface area contributed by atoms with Crippen molar-refractivity contribution in [2.24, 2.45) is 0 Å². The third-order valence-electron chi connectivity index (χ3n) is 7.35. The van der Waals surface area contributed by atoms with Crippen molar-refractivity contribution in [3.63, 3.8) is 0 Å². The number of carbonyl (C=O) groups excluding carboxylic acids is 4. The van der Waals surface area contributed by atoms with Crippen LogP contribution in [0, 0.1) is 6.92 Å². The summed E-state index contributed by atoms with van der Waals surface area (Å²) in [5.41, 5.74) is 0.861. The normalized spacial score (nSPS) is 13.6. The molecule has 0 aliphatic rings. The first-order chi connectivity index (χ1) is 22.0. The first kappa shape index (κ1) is 39.3. The summed E-state index contributed by atoms with van der Waals surface area (Å²) in [6.07, 6.45) is 5.42. The fourth-order valence-corrected chi connectivity index (χ4v) is 5.20. The van der Waals surface area contributed by atoms with Crippen LogP contribution >= 0.6 is 0 Å². The standard InChI is InChI=1S/C38H57N3O6/c1-10-11-12-13-14-18-24-41(34(43)28(3)39-36(45)47-38(7,8)9)32(30-23-19-20-27(2)25-30)33(42)40-31(35(44)46-37(4,5)6)26-29-21-16-15-17-22-29/h15-17,19-23,25,28,31-32H,10-14,18,24,26H2,1-9H3,(H,39,45)(H,40,42). The van der Waals surface area contributed by atoms with Crippen LogP contribution in [0.3, 0.4) is 0 Å². The molecule has 2 rings (SSSR count). The average molecular weight is 652 g/mol. The van der Waals surface area contributed by atoms with E-state index >= 15 is 0 Å². The van der Waals surface area contributed by atoms with Crippen LogP contribution in [0.25, 0.3) is 0 Å². The van der Waals surface area contributed by atoms with Gasteiger partial charge >= 0.3 is 12.1 Å². The fraction of sp³-hybridized carbons (Fsp3) is 0.579. The van der Waals surface area contributed by atoms with Gasteiger partial charge in [0, 0.05) is 13.0 Å². The maximum atomic E-state index is 14.5. The monoisotopic (exact) mass is 651 g/mol. The molecular weight excluding hydrogens is 594 g/mol. The maximum absolute atomic E-state index is 14.5. The Balaban J connectivity index is 2.52. The summed E-state index contributed by atoms with van der Waals surface area (Å²) in [6.45, 7) is 16.5. The molecule has 0 saturated heterocycles. The van der Waals surface area contributed by atoms with Gasteiger partial charge in [-0.15, -0.1) is 0 Å². The number of aryl methyl sites for hydroxylation is 1. The number of nitrogens with one attached hydrogen (secondary N) is 2. The Morgan fingerprint density at radius 3 is 2.00 bits per heavy atom. The van der Waals surface area contributed by atoms with Gasteiger partial charge in [0.15, 0.2) is 0 Å². The van der Waals surface area contributed by atoms with Crippen LogP contribution in [0.4, 0.5) is 4.79 Å². The summed E-state index contributed by atoms with van der Waals surface area (Å²) in [5.74, 6) is -1.50. The molecule has 0 radical (unpaired) electrons. The number of hydrogen-bond donors (Lipinski definition) is 2. The van der Waals surface area contributed by atoms with Gasteiger partial charge in [-0.25, -0.2) is 9.59 Å². The van der Waals surface area contributed by atoms with Gasteiger partial charge in [0.25, 0.3) is 0 Å². The van der Waals surface area contributed by atoms with E-state index in [2.05, 4.69) is 17.6 Å². The number of hydrogen-bond acceptors (Lipinski definition) is 6. The van der Waals surface area contributed by atoms with Crippen LogP contribution in [0.2, 0.25) is 0 Å². The van der Waals surface area contributed by atoms with E-state index in [1.165, 1.54) is 4.90 Å². The number of nitrogens with zero attached hydrogens (tertiary/aromatic N) is 1. The van der Waals surface area contributed by atoms with Gasteiger partial charge in [-0.3, -0.25) is 9.59 Å². The SMILES string of the molecule is CCCCCCCCN(C(=O)C(C)NC(=O)OC(C)(C)C)C(C(=O)NC(Cc1ccccc1)C(=O)OC(C)(C)C)c1cccc(C)c1. The van der Waals surface area contributed by atoms with E-state index in [4.69, 9.17) is 9.47 Å². The highest BCUT2D eigenvalue weighted by Crippen LogP contribution is 2.25. The molecule has 0 fully saturated rings. The van der Waals surface area contributed by atoms with Gasteiger partial charge in [-0.05, 0) is 72.9 Å². The minimum absolute atomic E-state index is 0.212. The molecule has 9 nitrogen and oxygen atoms in total. The van der Waals surface area contributed by atoms with E-state index in [1.54, 1.807) is 48.5 Å². The Bertz CT molecular complexity index is 1300. The number of amides is 3. The molecule has 2 aromatic carbocycles. The second-order valence-corrected chi connectivity index (χ2v) is 14.3. The summed E-state index contributed by atoms with van der Waals surface area (Å²) in [7, 11) is 0. The maximum Gasteiger partial charge on any atom is 0.408 e. The Hall–Kier alpha value is -3.88. The van der Waals surface area contributed by atoms with Crippen molar-refractivity contribution in [3.8, 4) is 0 Å². The van der Waals surface area contributed by atoms with Crippen molar-refractivity contribution < 1.29 is 28.7 Å². The lowest BCUT2D eigenvalue weighted by Crippen LogP contribution is -2.54. The Labute approximate surface area is 282 Å². The zero-order chi connectivity index (χ0) is 35.2. The van der Waals surface area contributed by atoms with Gasteiger partial charge in [0.2, 0.25) is 11.8 Å². The number of ether oxygens (including phenoxy) is 2. The van der Waals surface area contributed by atoms with Crippen molar-refractivity contribution in [1.82, 2.24) is 15.5 Å². The lowest BCUT2D eigenvalue weighted by atomic mass is 9.99. The molecule has 260 valence electrons. The van der Waals surface area contributed by atoms with Crippen molar-refractivity contribution >= 4 is 23.9 Å². The lowest BCUT2D eigenvalue weighted by molar-refractivity contribution is -0.159. The van der Waals surface area contributed by atoms with E-state index in [0.29, 0.717) is 12.0 Å². The third-order valence-corrected chi connectivity index (χ3v) is 7.35. The van der Waals surface area contributed by atoms with E-state index in [1.807, 2.05) is 61.5 Å². The second kappa shape index (κ2) is 18.5. The lowest BCUT2D eigenvalue weighted by Gasteiger charge is -2.35. The number of unbranched alkanes of at least 4 members (excludes halogenated alkanes) is 5. The van der Waals surface area contributed by atoms with Crippen molar-refractivity contribution in [2.45, 2.75) is 137 Å². The summed E-state index contributed by atoms with van der Waals surface area (Å²) >= 11 is 0. The van der Waals surface area contributed by atoms with Crippen LogP contribution in [0.1, 0.15) is 117 Å². The molecule has 3 atom stereocenters. The molecule has 2 N–H and O–H groups in total. The highest BCUT2D eigenvalue weighted by Gasteiger charge is 2.37. The molecule has 0 aliphatic heterocycles. The quantitative estimate of drug-likeness (QED) is 0.147. The van der Waals surface area contributed by atoms with E-state index in [-0.39, 0.29) is 13.0 Å². The smallest absolute Gasteiger partial charge is 0.408 e. The molecule has 47 heavy (non-hydrogen) atoms. The van der Waals surface area contributed by atoms with Crippen LogP contribution in [-0.2, 0) is 30.3 Å². The molecule has 0 spiro atoms. The minimum atomic E-state index is -1.07. The second-order valence-electron chi connectivity index (χ2n) is 14.3. The van der Waals surface area contributed by atoms with Crippen LogP contribution in [-0.4, -0.2) is 58.6 Å². The molecule has 0 aromatic heterocycles. The zero-order valence-electron chi connectivity index (χ0n) is 30.0. The van der Waals surface area contributed by atoms with Crippen LogP contribution in [0.5, 0.6) is 0 Å². The van der Waals surface area contributed by atoms with E-state index in [9.17, 15) is 19.2 Å². The number of rotatable bonds is 16. The molecule has 3 amide bonds. The molecule has 0 bridgehead atoms. The number of alkyl carbamates (subject to hydrolysis) is 1. The van der Waals surface area contributed by atoms with Crippen LogP contribution < -0.4 is 10.6 Å². The predicted molar refractivity (Wildman–Crippen MR) is 186 cm³/mol. The van der Waals surface area contributed by atoms with E-state index in [0.717, 1.165) is 43.2 Å². The third kappa shape index (κ3) is 14.6. The molecule has 3 unspecified atom stereocenters. The molecule has 2 aromatic rings. The highest BCUT2D eigenvalue weighted by atomic mass is 16.6. The van der Waals surface area contributed by atoms with Gasteiger partial charge < -0.3 is 25.0 Å². The van der Waals surface area contributed by atoms with Gasteiger partial charge in [-0.2, -0.15) is 0 Å². The fourth-order valence-electron chi connectivity index (χ4n) is 5.20. The van der Waals surface area contributed by atoms with Gasteiger partial charge in [-0.1, -0.05) is 99.2 Å². The number of carbonyl (C=O) groups is 4. The average Bonchev–Trinajstić information content (AvgIpc) is 2.96. The molecule has 9 heteroatoms. The molecule has 0 saturated carbocycles. The largest absolute Gasteiger partial charge is 0.458 e. The zero-order valence-corrected chi connectivity index (χ0v) is 30.0. The predicted octanol–water partition coefficient (Wildman–Crippen LogP) is 7.21. The van der Waals surface area contributed by atoms with Crippen LogP contribution in [0.15, 0.2) is 54.6 Å². The Morgan fingerprint density at radius 2 is 1.40 bits per heavy atom. The van der Waals surface area contributed by atoms with Crippen molar-refractivity contribution in [2.75, 3.05) is 6.54 Å². The Kier molecular flexibility index (Phi) is 15.4. The van der Waals surface area contributed by atoms with Crippen molar-refractivity contribution in [1.29, 1.82) is 0 Å². The van der Waals surface area contributed by atoms with Crippen molar-refractivity contribution in [3.05, 3.63) is 71.3 Å². The van der Waals surface area contributed by atoms with Gasteiger partial charge in [0.05, 0.1) is 0 Å². The summed E-state index contributed by atoms with van der Waals surface area (Å²) < 4.78 is 11.1. The van der Waals surface area contributed by atoms with Gasteiger partial charge in [0.1, 0.15) is 29.3 Å². The molecular formula is C38H57N3O6.